The van der Waals surface area contributed by atoms with E-state index in [1.54, 1.807) is 6.92 Å². The van der Waals surface area contributed by atoms with Crippen molar-refractivity contribution >= 4 is 13.1 Å². The molecule has 0 aliphatic carbocycles. The summed E-state index contributed by atoms with van der Waals surface area (Å²) in [6.45, 7) is 9.05. The van der Waals surface area contributed by atoms with E-state index in [2.05, 4.69) is 6.58 Å². The molecule has 3 nitrogen and oxygen atoms in total. The Morgan fingerprint density at radius 3 is 2.07 bits per heavy atom. The van der Waals surface area contributed by atoms with E-state index in [-0.39, 0.29) is 6.35 Å². The number of carbonyl (C=O) groups excluding carboxylic acids is 1. The monoisotopic (exact) mass is 232 g/mol. The van der Waals surface area contributed by atoms with E-state index in [9.17, 15) is 9.36 Å². The van der Waals surface area contributed by atoms with Gasteiger partial charge in [-0.3, -0.25) is 0 Å². The van der Waals surface area contributed by atoms with Crippen molar-refractivity contribution in [3.05, 3.63) is 12.2 Å². The fourth-order valence-corrected chi connectivity index (χ4v) is 3.82. The van der Waals surface area contributed by atoms with Crippen LogP contribution < -0.4 is 0 Å². The maximum absolute atomic E-state index is 12.2. The summed E-state index contributed by atoms with van der Waals surface area (Å²) in [7, 11) is -2.30. The minimum atomic E-state index is -2.30. The molecule has 0 atom stereocenters. The molecule has 4 heteroatoms. The molecule has 0 N–H and O–H groups in total. The SMILES string of the molecule is C=C(C)C(=O)OCP(=O)(CCC)CCC. The van der Waals surface area contributed by atoms with Gasteiger partial charge >= 0.3 is 5.97 Å². The number of esters is 1. The predicted octanol–water partition coefficient (Wildman–Crippen LogP) is 3.25. The highest BCUT2D eigenvalue weighted by Gasteiger charge is 2.22. The van der Waals surface area contributed by atoms with E-state index in [0.717, 1.165) is 12.8 Å². The van der Waals surface area contributed by atoms with Crippen LogP contribution in [0.1, 0.15) is 33.6 Å². The van der Waals surface area contributed by atoms with Crippen LogP contribution >= 0.6 is 7.14 Å². The van der Waals surface area contributed by atoms with Gasteiger partial charge in [0.05, 0.1) is 0 Å². The maximum Gasteiger partial charge on any atom is 0.333 e. The van der Waals surface area contributed by atoms with Gasteiger partial charge in [-0.2, -0.15) is 0 Å². The topological polar surface area (TPSA) is 43.4 Å². The summed E-state index contributed by atoms with van der Waals surface area (Å²) >= 11 is 0. The summed E-state index contributed by atoms with van der Waals surface area (Å²) in [5.74, 6) is -0.442. The molecule has 0 aromatic heterocycles. The first-order valence-electron chi connectivity index (χ1n) is 5.35. The molecule has 0 rings (SSSR count). The quantitative estimate of drug-likeness (QED) is 0.384. The largest absolute Gasteiger partial charge is 0.454 e. The summed E-state index contributed by atoms with van der Waals surface area (Å²) < 4.78 is 17.2. The molecule has 0 aromatic carbocycles. The number of hydrogen-bond donors (Lipinski definition) is 0. The van der Waals surface area contributed by atoms with E-state index >= 15 is 0 Å². The van der Waals surface area contributed by atoms with Gasteiger partial charge in [-0.15, -0.1) is 0 Å². The summed E-state index contributed by atoms with van der Waals surface area (Å²) in [5, 5.41) is 0. The van der Waals surface area contributed by atoms with Gasteiger partial charge in [-0.1, -0.05) is 20.4 Å². The summed E-state index contributed by atoms with van der Waals surface area (Å²) in [4.78, 5) is 11.2. The normalized spacial score (nSPS) is 11.1. The third-order valence-corrected chi connectivity index (χ3v) is 5.17. The van der Waals surface area contributed by atoms with Crippen LogP contribution in [0.3, 0.4) is 0 Å². The molecule has 15 heavy (non-hydrogen) atoms. The average Bonchev–Trinajstić information content (AvgIpc) is 2.15. The lowest BCUT2D eigenvalue weighted by molar-refractivity contribution is -0.137. The molecule has 0 unspecified atom stereocenters. The van der Waals surface area contributed by atoms with Crippen LogP contribution in [0.15, 0.2) is 12.2 Å². The Hall–Kier alpha value is -0.560. The predicted molar refractivity (Wildman–Crippen MR) is 63.7 cm³/mol. The molecule has 0 bridgehead atoms. The van der Waals surface area contributed by atoms with E-state index in [0.29, 0.717) is 17.9 Å². The lowest BCUT2D eigenvalue weighted by Gasteiger charge is -2.16. The summed E-state index contributed by atoms with van der Waals surface area (Å²) in [5.41, 5.74) is 0.356. The number of rotatable bonds is 7. The Morgan fingerprint density at radius 2 is 1.73 bits per heavy atom. The molecule has 0 aromatic rings. The average molecular weight is 232 g/mol. The second kappa shape index (κ2) is 6.84. The minimum Gasteiger partial charge on any atom is -0.454 e. The smallest absolute Gasteiger partial charge is 0.333 e. The zero-order valence-electron chi connectivity index (χ0n) is 9.91. The number of hydrogen-bond acceptors (Lipinski definition) is 3. The molecular formula is C11H21O3P. The van der Waals surface area contributed by atoms with Crippen molar-refractivity contribution in [3.63, 3.8) is 0 Å². The van der Waals surface area contributed by atoms with Crippen LogP contribution in [-0.2, 0) is 14.1 Å². The Morgan fingerprint density at radius 1 is 1.27 bits per heavy atom. The van der Waals surface area contributed by atoms with Crippen molar-refractivity contribution in [1.29, 1.82) is 0 Å². The second-order valence-corrected chi connectivity index (χ2v) is 7.12. The van der Waals surface area contributed by atoms with Crippen molar-refractivity contribution in [1.82, 2.24) is 0 Å². The standard InChI is InChI=1S/C11H21O3P/c1-5-7-15(13,8-6-2)9-14-11(12)10(3)4/h3,5-9H2,1-2,4H3. The highest BCUT2D eigenvalue weighted by atomic mass is 31.2. The van der Waals surface area contributed by atoms with Crippen molar-refractivity contribution in [2.24, 2.45) is 0 Å². The van der Waals surface area contributed by atoms with Crippen LogP contribution in [0, 0.1) is 0 Å². The van der Waals surface area contributed by atoms with E-state index in [1.165, 1.54) is 0 Å². The van der Waals surface area contributed by atoms with Gasteiger partial charge in [-0.05, 0) is 19.8 Å². The van der Waals surface area contributed by atoms with Crippen molar-refractivity contribution < 1.29 is 14.1 Å². The first kappa shape index (κ1) is 14.4. The molecule has 0 radical (unpaired) electrons. The molecule has 0 amide bonds. The highest BCUT2D eigenvalue weighted by molar-refractivity contribution is 7.63. The van der Waals surface area contributed by atoms with E-state index in [1.807, 2.05) is 13.8 Å². The van der Waals surface area contributed by atoms with Crippen LogP contribution in [0.25, 0.3) is 0 Å². The van der Waals surface area contributed by atoms with Crippen molar-refractivity contribution in [2.45, 2.75) is 33.6 Å². The zero-order valence-corrected chi connectivity index (χ0v) is 10.8. The third kappa shape index (κ3) is 5.78. The Bertz CT molecular complexity index is 261. The Kier molecular flexibility index (Phi) is 6.58. The van der Waals surface area contributed by atoms with Crippen molar-refractivity contribution in [3.8, 4) is 0 Å². The molecule has 0 saturated carbocycles. The first-order valence-corrected chi connectivity index (χ1v) is 7.61. The van der Waals surface area contributed by atoms with Crippen LogP contribution in [0.5, 0.6) is 0 Å². The van der Waals surface area contributed by atoms with Gasteiger partial charge in [0.1, 0.15) is 13.5 Å². The number of ether oxygens (including phenoxy) is 1. The van der Waals surface area contributed by atoms with E-state index in [4.69, 9.17) is 4.74 Å². The molecule has 88 valence electrons. The Labute approximate surface area is 92.3 Å². The maximum atomic E-state index is 12.2. The fraction of sp³-hybridized carbons (Fsp3) is 0.727. The van der Waals surface area contributed by atoms with E-state index < -0.39 is 13.1 Å². The fourth-order valence-electron chi connectivity index (χ4n) is 1.36. The van der Waals surface area contributed by atoms with Gasteiger partial charge in [0, 0.05) is 17.9 Å². The molecular weight excluding hydrogens is 211 g/mol. The first-order chi connectivity index (χ1) is 6.95. The molecule has 0 saturated heterocycles. The van der Waals surface area contributed by atoms with Gasteiger partial charge in [-0.25, -0.2) is 4.79 Å². The van der Waals surface area contributed by atoms with Gasteiger partial charge in [0.25, 0.3) is 0 Å². The molecule has 0 spiro atoms. The minimum absolute atomic E-state index is 0.0698. The van der Waals surface area contributed by atoms with Gasteiger partial charge < -0.3 is 9.30 Å². The number of carbonyl (C=O) groups is 1. The Balaban J connectivity index is 4.24. The van der Waals surface area contributed by atoms with Crippen LogP contribution in [-0.4, -0.2) is 24.6 Å². The second-order valence-electron chi connectivity index (χ2n) is 3.85. The molecule has 0 aliphatic heterocycles. The van der Waals surface area contributed by atoms with Crippen molar-refractivity contribution in [2.75, 3.05) is 18.7 Å². The zero-order chi connectivity index (χ0) is 11.9. The lowest BCUT2D eigenvalue weighted by atomic mass is 10.4. The summed E-state index contributed by atoms with van der Waals surface area (Å²) in [6, 6.07) is 0. The third-order valence-electron chi connectivity index (χ3n) is 2.04. The molecule has 0 aliphatic rings. The van der Waals surface area contributed by atoms with Crippen LogP contribution in [0.2, 0.25) is 0 Å². The lowest BCUT2D eigenvalue weighted by Crippen LogP contribution is -2.09. The summed E-state index contributed by atoms with van der Waals surface area (Å²) in [6.07, 6.45) is 3.11. The van der Waals surface area contributed by atoms with Gasteiger partial charge in [0.15, 0.2) is 0 Å². The molecule has 0 heterocycles. The van der Waals surface area contributed by atoms with Crippen LogP contribution in [0.4, 0.5) is 0 Å². The molecule has 0 fully saturated rings. The van der Waals surface area contributed by atoms with Gasteiger partial charge in [0.2, 0.25) is 0 Å². The highest BCUT2D eigenvalue weighted by Crippen LogP contribution is 2.46.